The van der Waals surface area contributed by atoms with E-state index in [0.717, 1.165) is 0 Å². The second-order valence-electron chi connectivity index (χ2n) is 4.52. The second kappa shape index (κ2) is 7.31. The van der Waals surface area contributed by atoms with Gasteiger partial charge in [-0.1, -0.05) is 41.4 Å². The van der Waals surface area contributed by atoms with Crippen molar-refractivity contribution in [3.8, 4) is 10.6 Å². The smallest absolute Gasteiger partial charge is 0.266 e. The number of hydrogen-bond donors (Lipinski definition) is 2. The average molecular weight is 398 g/mol. The summed E-state index contributed by atoms with van der Waals surface area (Å²) < 4.78 is 0. The highest BCUT2D eigenvalue weighted by molar-refractivity contribution is 7.13. The Bertz CT molecular complexity index is 894. The third-order valence-electron chi connectivity index (χ3n) is 2.95. The van der Waals surface area contributed by atoms with Crippen LogP contribution >= 0.6 is 45.9 Å². The molecule has 2 N–H and O–H groups in total. The lowest BCUT2D eigenvalue weighted by Gasteiger charge is -2.04. The summed E-state index contributed by atoms with van der Waals surface area (Å²) in [5.74, 6) is -0.896. The molecule has 2 amide bonds. The van der Waals surface area contributed by atoms with Gasteiger partial charge >= 0.3 is 0 Å². The van der Waals surface area contributed by atoms with Crippen LogP contribution in [0.3, 0.4) is 0 Å². The predicted octanol–water partition coefficient (Wildman–Crippen LogP) is 4.25. The van der Waals surface area contributed by atoms with E-state index in [-0.39, 0.29) is 11.6 Å². The van der Waals surface area contributed by atoms with E-state index in [4.69, 9.17) is 23.2 Å². The Kier molecular flexibility index (Phi) is 5.15. The number of carbonyl (C=O) groups is 2. The summed E-state index contributed by atoms with van der Waals surface area (Å²) in [4.78, 5) is 28.6. The largest absolute Gasteiger partial charge is 0.289 e. The molecule has 0 aliphatic carbocycles. The molecule has 24 heavy (non-hydrogen) atoms. The molecule has 0 fully saturated rings. The maximum Gasteiger partial charge on any atom is 0.289 e. The summed E-state index contributed by atoms with van der Waals surface area (Å²) in [6.07, 6.45) is 0. The van der Waals surface area contributed by atoms with Gasteiger partial charge in [-0.2, -0.15) is 0 Å². The van der Waals surface area contributed by atoms with E-state index in [1.807, 2.05) is 0 Å². The molecular weight excluding hydrogens is 389 g/mol. The summed E-state index contributed by atoms with van der Waals surface area (Å²) in [6, 6.07) is 8.62. The topological polar surface area (TPSA) is 71.1 Å². The molecule has 0 unspecified atom stereocenters. The number of aromatic nitrogens is 1. The SMILES string of the molecule is O=C(NNC(=O)c1cccs1)c1csc(-c2cccc(Cl)c2Cl)n1. The van der Waals surface area contributed by atoms with E-state index < -0.39 is 5.91 Å². The highest BCUT2D eigenvalue weighted by atomic mass is 35.5. The van der Waals surface area contributed by atoms with Crippen molar-refractivity contribution >= 4 is 57.7 Å². The van der Waals surface area contributed by atoms with Gasteiger partial charge in [-0.25, -0.2) is 4.98 Å². The number of halogens is 2. The molecular formula is C15H9Cl2N3O2S2. The van der Waals surface area contributed by atoms with Crippen LogP contribution in [0.2, 0.25) is 10.0 Å². The molecule has 3 aromatic rings. The number of nitrogens with one attached hydrogen (secondary N) is 2. The van der Waals surface area contributed by atoms with E-state index in [0.29, 0.717) is 25.5 Å². The van der Waals surface area contributed by atoms with Crippen LogP contribution in [0.4, 0.5) is 0 Å². The predicted molar refractivity (Wildman–Crippen MR) is 96.8 cm³/mol. The minimum atomic E-state index is -0.513. The van der Waals surface area contributed by atoms with Crippen LogP contribution in [0.1, 0.15) is 20.2 Å². The van der Waals surface area contributed by atoms with Crippen LogP contribution < -0.4 is 10.9 Å². The molecule has 2 aromatic heterocycles. The van der Waals surface area contributed by atoms with Crippen LogP contribution in [0.5, 0.6) is 0 Å². The molecule has 9 heteroatoms. The van der Waals surface area contributed by atoms with Crippen molar-refractivity contribution < 1.29 is 9.59 Å². The molecule has 0 saturated heterocycles. The van der Waals surface area contributed by atoms with Gasteiger partial charge in [-0.15, -0.1) is 22.7 Å². The summed E-state index contributed by atoms with van der Waals surface area (Å²) in [5.41, 5.74) is 5.50. The van der Waals surface area contributed by atoms with E-state index in [2.05, 4.69) is 15.8 Å². The van der Waals surface area contributed by atoms with E-state index in [1.165, 1.54) is 22.7 Å². The number of carbonyl (C=O) groups excluding carboxylic acids is 2. The molecule has 3 rings (SSSR count). The molecule has 5 nitrogen and oxygen atoms in total. The van der Waals surface area contributed by atoms with Gasteiger partial charge in [-0.3, -0.25) is 20.4 Å². The van der Waals surface area contributed by atoms with Gasteiger partial charge in [0.1, 0.15) is 10.7 Å². The summed E-state index contributed by atoms with van der Waals surface area (Å²) in [7, 11) is 0. The Morgan fingerprint density at radius 2 is 1.79 bits per heavy atom. The summed E-state index contributed by atoms with van der Waals surface area (Å²) in [5, 5.41) is 4.72. The van der Waals surface area contributed by atoms with Crippen molar-refractivity contribution in [2.24, 2.45) is 0 Å². The Balaban J connectivity index is 1.70. The van der Waals surface area contributed by atoms with Crippen molar-refractivity contribution in [1.29, 1.82) is 0 Å². The Morgan fingerprint density at radius 3 is 2.54 bits per heavy atom. The van der Waals surface area contributed by atoms with Crippen LogP contribution in [0.15, 0.2) is 41.1 Å². The van der Waals surface area contributed by atoms with Crippen LogP contribution in [0, 0.1) is 0 Å². The minimum Gasteiger partial charge on any atom is -0.266 e. The molecule has 1 aromatic carbocycles. The number of hydrogen-bond acceptors (Lipinski definition) is 5. The molecule has 0 aliphatic rings. The van der Waals surface area contributed by atoms with Crippen LogP contribution in [-0.4, -0.2) is 16.8 Å². The lowest BCUT2D eigenvalue weighted by molar-refractivity contribution is 0.0846. The van der Waals surface area contributed by atoms with Gasteiger partial charge in [0.25, 0.3) is 11.8 Å². The number of benzene rings is 1. The quantitative estimate of drug-likeness (QED) is 0.648. The number of thiophene rings is 1. The zero-order valence-corrected chi connectivity index (χ0v) is 15.0. The molecule has 0 spiro atoms. The fraction of sp³-hybridized carbons (Fsp3) is 0. The van der Waals surface area contributed by atoms with Crippen molar-refractivity contribution in [3.05, 3.63) is 61.7 Å². The molecule has 122 valence electrons. The van der Waals surface area contributed by atoms with Gasteiger partial charge < -0.3 is 0 Å². The number of hydrazine groups is 1. The highest BCUT2D eigenvalue weighted by Gasteiger charge is 2.15. The number of thiazole rings is 1. The lowest BCUT2D eigenvalue weighted by Crippen LogP contribution is -2.41. The zero-order chi connectivity index (χ0) is 17.1. The maximum absolute atomic E-state index is 12.1. The van der Waals surface area contributed by atoms with Gasteiger partial charge in [0.05, 0.1) is 14.9 Å². The number of amides is 2. The third kappa shape index (κ3) is 3.59. The lowest BCUT2D eigenvalue weighted by atomic mass is 10.2. The van der Waals surface area contributed by atoms with Gasteiger partial charge in [0.15, 0.2) is 0 Å². The maximum atomic E-state index is 12.1. The molecule has 0 bridgehead atoms. The van der Waals surface area contributed by atoms with Crippen LogP contribution in [-0.2, 0) is 0 Å². The van der Waals surface area contributed by atoms with Crippen molar-refractivity contribution in [3.63, 3.8) is 0 Å². The van der Waals surface area contributed by atoms with Gasteiger partial charge in [-0.05, 0) is 17.5 Å². The normalized spacial score (nSPS) is 10.4. The van der Waals surface area contributed by atoms with Crippen molar-refractivity contribution in [2.75, 3.05) is 0 Å². The number of rotatable bonds is 3. The molecule has 0 atom stereocenters. The first-order valence-electron chi connectivity index (χ1n) is 6.60. The van der Waals surface area contributed by atoms with E-state index >= 15 is 0 Å². The molecule has 0 aliphatic heterocycles. The van der Waals surface area contributed by atoms with Gasteiger partial charge in [0, 0.05) is 10.9 Å². The first kappa shape index (κ1) is 16.9. The Hall–Kier alpha value is -1.93. The second-order valence-corrected chi connectivity index (χ2v) is 7.12. The highest BCUT2D eigenvalue weighted by Crippen LogP contribution is 2.34. The van der Waals surface area contributed by atoms with Gasteiger partial charge in [0.2, 0.25) is 0 Å². The Labute approximate surface area is 155 Å². The first-order valence-corrected chi connectivity index (χ1v) is 9.12. The summed E-state index contributed by atoms with van der Waals surface area (Å²) >= 11 is 14.7. The minimum absolute atomic E-state index is 0.178. The zero-order valence-electron chi connectivity index (χ0n) is 11.9. The Morgan fingerprint density at radius 1 is 1.00 bits per heavy atom. The monoisotopic (exact) mass is 397 g/mol. The first-order chi connectivity index (χ1) is 11.6. The fourth-order valence-corrected chi connectivity index (χ4v) is 3.71. The molecule has 0 saturated carbocycles. The molecule has 0 radical (unpaired) electrons. The van der Waals surface area contributed by atoms with Crippen molar-refractivity contribution in [1.82, 2.24) is 15.8 Å². The summed E-state index contributed by atoms with van der Waals surface area (Å²) in [6.45, 7) is 0. The van der Waals surface area contributed by atoms with Crippen molar-refractivity contribution in [2.45, 2.75) is 0 Å². The van der Waals surface area contributed by atoms with E-state index in [9.17, 15) is 9.59 Å². The standard InChI is InChI=1S/C15H9Cl2N3O2S2/c16-9-4-1-3-8(12(9)17)15-18-10(7-24-15)13(21)19-20-14(22)11-5-2-6-23-11/h1-7H,(H,19,21)(H,20,22). The van der Waals surface area contributed by atoms with Crippen LogP contribution in [0.25, 0.3) is 10.6 Å². The van der Waals surface area contributed by atoms with E-state index in [1.54, 1.807) is 41.1 Å². The third-order valence-corrected chi connectivity index (χ3v) is 5.52. The fourth-order valence-electron chi connectivity index (χ4n) is 1.82. The molecule has 2 heterocycles. The average Bonchev–Trinajstić information content (AvgIpc) is 3.26. The number of nitrogens with zero attached hydrogens (tertiary/aromatic N) is 1.